The molecular formula is C10H18ClN3O2. The number of carbonyl (C=O) groups is 2. The average molecular weight is 248 g/mol. The lowest BCUT2D eigenvalue weighted by Crippen LogP contribution is -2.55. The fourth-order valence-electron chi connectivity index (χ4n) is 1.49. The fourth-order valence-corrected chi connectivity index (χ4v) is 1.65. The third kappa shape index (κ3) is 3.89. The Kier molecular flexibility index (Phi) is 4.02. The highest BCUT2D eigenvalue weighted by atomic mass is 35.5. The smallest absolute Gasteiger partial charge is 0.317 e. The van der Waals surface area contributed by atoms with Crippen LogP contribution in [0.1, 0.15) is 20.8 Å². The molecule has 0 unspecified atom stereocenters. The van der Waals surface area contributed by atoms with E-state index in [1.807, 2.05) is 20.8 Å². The monoisotopic (exact) mass is 247 g/mol. The molecule has 0 aromatic heterocycles. The van der Waals surface area contributed by atoms with Gasteiger partial charge in [-0.05, 0) is 32.4 Å². The molecule has 0 spiro atoms. The van der Waals surface area contributed by atoms with Crippen molar-refractivity contribution >= 4 is 23.0 Å². The van der Waals surface area contributed by atoms with Crippen molar-refractivity contribution in [1.29, 1.82) is 0 Å². The third-order valence-electron chi connectivity index (χ3n) is 2.30. The van der Waals surface area contributed by atoms with E-state index in [1.165, 1.54) is 4.90 Å². The SMILES string of the molecule is CC(C)(C)NC(=O)N1CCN(C(=O)Cl)CC1. The van der Waals surface area contributed by atoms with Gasteiger partial charge in [0.05, 0.1) is 0 Å². The van der Waals surface area contributed by atoms with Gasteiger partial charge in [-0.25, -0.2) is 4.79 Å². The highest BCUT2D eigenvalue weighted by Crippen LogP contribution is 2.07. The Morgan fingerprint density at radius 2 is 1.50 bits per heavy atom. The lowest BCUT2D eigenvalue weighted by molar-refractivity contribution is 0.148. The first kappa shape index (κ1) is 13.1. The van der Waals surface area contributed by atoms with E-state index in [1.54, 1.807) is 4.90 Å². The number of amides is 3. The largest absolute Gasteiger partial charge is 0.333 e. The van der Waals surface area contributed by atoms with Crippen molar-refractivity contribution in [2.45, 2.75) is 26.3 Å². The molecule has 0 aromatic carbocycles. The number of nitrogens with zero attached hydrogens (tertiary/aromatic N) is 2. The van der Waals surface area contributed by atoms with Crippen LogP contribution in [0.2, 0.25) is 0 Å². The van der Waals surface area contributed by atoms with Gasteiger partial charge in [0.15, 0.2) is 0 Å². The van der Waals surface area contributed by atoms with Gasteiger partial charge >= 0.3 is 11.4 Å². The van der Waals surface area contributed by atoms with Gasteiger partial charge in [0, 0.05) is 31.7 Å². The molecule has 92 valence electrons. The highest BCUT2D eigenvalue weighted by Gasteiger charge is 2.25. The summed E-state index contributed by atoms with van der Waals surface area (Å²) in [6.07, 6.45) is 0. The van der Waals surface area contributed by atoms with Gasteiger partial charge in [-0.2, -0.15) is 0 Å². The van der Waals surface area contributed by atoms with Crippen LogP contribution in [-0.4, -0.2) is 52.9 Å². The Morgan fingerprint density at radius 3 is 1.88 bits per heavy atom. The van der Waals surface area contributed by atoms with Crippen LogP contribution in [0.3, 0.4) is 0 Å². The van der Waals surface area contributed by atoms with E-state index in [0.29, 0.717) is 26.2 Å². The molecule has 1 rings (SSSR count). The Labute approximate surface area is 101 Å². The number of halogens is 1. The summed E-state index contributed by atoms with van der Waals surface area (Å²) in [5.74, 6) is 0. The molecule has 1 saturated heterocycles. The summed E-state index contributed by atoms with van der Waals surface area (Å²) >= 11 is 5.36. The highest BCUT2D eigenvalue weighted by molar-refractivity contribution is 6.62. The molecular weight excluding hydrogens is 230 g/mol. The zero-order chi connectivity index (χ0) is 12.3. The Morgan fingerprint density at radius 1 is 1.06 bits per heavy atom. The molecule has 0 aromatic rings. The maximum atomic E-state index is 11.8. The van der Waals surface area contributed by atoms with Gasteiger partial charge in [-0.1, -0.05) is 0 Å². The van der Waals surface area contributed by atoms with Gasteiger partial charge < -0.3 is 15.1 Å². The topological polar surface area (TPSA) is 52.7 Å². The zero-order valence-electron chi connectivity index (χ0n) is 9.92. The lowest BCUT2D eigenvalue weighted by Gasteiger charge is -2.35. The third-order valence-corrected chi connectivity index (χ3v) is 2.54. The normalized spacial score (nSPS) is 17.2. The van der Waals surface area contributed by atoms with Crippen molar-refractivity contribution in [3.63, 3.8) is 0 Å². The number of nitrogens with one attached hydrogen (secondary N) is 1. The summed E-state index contributed by atoms with van der Waals surface area (Å²) in [5.41, 5.74) is -0.240. The number of rotatable bonds is 0. The predicted molar refractivity (Wildman–Crippen MR) is 62.7 cm³/mol. The summed E-state index contributed by atoms with van der Waals surface area (Å²) in [7, 11) is 0. The summed E-state index contributed by atoms with van der Waals surface area (Å²) in [5, 5.41) is 2.44. The van der Waals surface area contributed by atoms with E-state index in [0.717, 1.165) is 0 Å². The standard InChI is InChI=1S/C10H18ClN3O2/c1-10(2,3)12-9(16)14-6-4-13(5-7-14)8(11)15/h4-7H2,1-3H3,(H,12,16). The van der Waals surface area contributed by atoms with Crippen LogP contribution < -0.4 is 5.32 Å². The molecule has 1 heterocycles. The van der Waals surface area contributed by atoms with Crippen LogP contribution in [0.4, 0.5) is 9.59 Å². The zero-order valence-corrected chi connectivity index (χ0v) is 10.7. The molecule has 1 fully saturated rings. The van der Waals surface area contributed by atoms with E-state index in [-0.39, 0.29) is 11.6 Å². The van der Waals surface area contributed by atoms with Crippen LogP contribution in [-0.2, 0) is 0 Å². The molecule has 0 saturated carbocycles. The van der Waals surface area contributed by atoms with E-state index >= 15 is 0 Å². The maximum Gasteiger partial charge on any atom is 0.317 e. The summed E-state index contributed by atoms with van der Waals surface area (Å²) in [4.78, 5) is 25.9. The minimum Gasteiger partial charge on any atom is -0.333 e. The van der Waals surface area contributed by atoms with E-state index < -0.39 is 5.37 Å². The molecule has 1 N–H and O–H groups in total. The van der Waals surface area contributed by atoms with Crippen LogP contribution in [0.5, 0.6) is 0 Å². The van der Waals surface area contributed by atoms with Crippen molar-refractivity contribution in [2.24, 2.45) is 0 Å². The molecule has 0 bridgehead atoms. The first-order chi connectivity index (χ1) is 7.29. The fraction of sp³-hybridized carbons (Fsp3) is 0.800. The number of carbonyl (C=O) groups excluding carboxylic acids is 2. The number of hydrogen-bond donors (Lipinski definition) is 1. The second-order valence-electron chi connectivity index (χ2n) is 4.91. The molecule has 0 radical (unpaired) electrons. The van der Waals surface area contributed by atoms with Crippen LogP contribution in [0.15, 0.2) is 0 Å². The van der Waals surface area contributed by atoms with Gasteiger partial charge in [-0.3, -0.25) is 4.79 Å². The van der Waals surface area contributed by atoms with E-state index in [4.69, 9.17) is 11.6 Å². The molecule has 3 amide bonds. The molecule has 0 atom stereocenters. The van der Waals surface area contributed by atoms with Crippen molar-refractivity contribution in [3.8, 4) is 0 Å². The maximum absolute atomic E-state index is 11.8. The first-order valence-corrected chi connectivity index (χ1v) is 5.69. The second kappa shape index (κ2) is 4.91. The van der Waals surface area contributed by atoms with Crippen molar-refractivity contribution in [2.75, 3.05) is 26.2 Å². The van der Waals surface area contributed by atoms with Crippen molar-refractivity contribution in [1.82, 2.24) is 15.1 Å². The Hall–Kier alpha value is -0.970. The molecule has 6 heteroatoms. The van der Waals surface area contributed by atoms with E-state index in [2.05, 4.69) is 5.32 Å². The van der Waals surface area contributed by atoms with Crippen LogP contribution in [0, 0.1) is 0 Å². The average Bonchev–Trinajstić information content (AvgIpc) is 2.15. The first-order valence-electron chi connectivity index (χ1n) is 5.31. The number of piperazine rings is 1. The molecule has 1 aliphatic heterocycles. The summed E-state index contributed by atoms with van der Waals surface area (Å²) in [6.45, 7) is 7.86. The summed E-state index contributed by atoms with van der Waals surface area (Å²) < 4.78 is 0. The van der Waals surface area contributed by atoms with Crippen molar-refractivity contribution in [3.05, 3.63) is 0 Å². The molecule has 16 heavy (non-hydrogen) atoms. The summed E-state index contributed by atoms with van der Waals surface area (Å²) in [6, 6.07) is -0.0887. The van der Waals surface area contributed by atoms with Gasteiger partial charge in [0.1, 0.15) is 0 Å². The predicted octanol–water partition coefficient (Wildman–Crippen LogP) is 1.47. The number of hydrogen-bond acceptors (Lipinski definition) is 2. The van der Waals surface area contributed by atoms with Gasteiger partial charge in [0.25, 0.3) is 0 Å². The molecule has 1 aliphatic rings. The molecule has 0 aliphatic carbocycles. The van der Waals surface area contributed by atoms with Crippen LogP contribution >= 0.6 is 11.6 Å². The van der Waals surface area contributed by atoms with Crippen LogP contribution in [0.25, 0.3) is 0 Å². The Bertz CT molecular complexity index is 280. The second-order valence-corrected chi connectivity index (χ2v) is 5.23. The van der Waals surface area contributed by atoms with E-state index in [9.17, 15) is 9.59 Å². The van der Waals surface area contributed by atoms with Gasteiger partial charge in [-0.15, -0.1) is 0 Å². The van der Waals surface area contributed by atoms with Gasteiger partial charge in [0.2, 0.25) is 0 Å². The number of urea groups is 1. The molecule has 5 nitrogen and oxygen atoms in total. The minimum atomic E-state index is -0.448. The minimum absolute atomic E-state index is 0.0887. The quantitative estimate of drug-likeness (QED) is 0.521. The van der Waals surface area contributed by atoms with Crippen molar-refractivity contribution < 1.29 is 9.59 Å². The Balaban J connectivity index is 2.42. The lowest BCUT2D eigenvalue weighted by atomic mass is 10.1.